The van der Waals surface area contributed by atoms with Crippen molar-refractivity contribution in [1.29, 1.82) is 0 Å². The second kappa shape index (κ2) is 10.1. The molecule has 0 aliphatic heterocycles. The van der Waals surface area contributed by atoms with Gasteiger partial charge in [0.05, 0.1) is 37.6 Å². The van der Waals surface area contributed by atoms with Crippen molar-refractivity contribution >= 4 is 45.3 Å². The van der Waals surface area contributed by atoms with E-state index in [4.69, 9.17) is 13.6 Å². The summed E-state index contributed by atoms with van der Waals surface area (Å²) in [6, 6.07) is 21.4. The van der Waals surface area contributed by atoms with Gasteiger partial charge < -0.3 is 18.9 Å². The fourth-order valence-corrected chi connectivity index (χ4v) is 5.20. The maximum absolute atomic E-state index is 13.0. The molecule has 0 fully saturated rings. The van der Waals surface area contributed by atoms with Crippen LogP contribution in [0.5, 0.6) is 5.75 Å². The van der Waals surface area contributed by atoms with Crippen LogP contribution in [-0.2, 0) is 11.3 Å². The number of benzene rings is 3. The van der Waals surface area contributed by atoms with Gasteiger partial charge in [0.15, 0.2) is 11.0 Å². The van der Waals surface area contributed by atoms with Crippen LogP contribution >= 0.6 is 11.8 Å². The first-order chi connectivity index (χ1) is 18.6. The van der Waals surface area contributed by atoms with E-state index in [9.17, 15) is 4.79 Å². The lowest BCUT2D eigenvalue weighted by molar-refractivity contribution is -0.113. The highest BCUT2D eigenvalue weighted by molar-refractivity contribution is 7.99. The van der Waals surface area contributed by atoms with Gasteiger partial charge in [-0.05, 0) is 30.7 Å². The van der Waals surface area contributed by atoms with Crippen LogP contribution in [-0.4, -0.2) is 33.5 Å². The lowest BCUT2D eigenvalue weighted by Crippen LogP contribution is -2.15. The molecule has 6 aromatic rings. The molecule has 8 nitrogen and oxygen atoms in total. The fourth-order valence-electron chi connectivity index (χ4n) is 4.46. The van der Waals surface area contributed by atoms with E-state index in [0.717, 1.165) is 38.9 Å². The number of furan rings is 2. The highest BCUT2D eigenvalue weighted by Crippen LogP contribution is 2.36. The molecule has 1 amide bonds. The number of hydrogen-bond acceptors (Lipinski definition) is 7. The quantitative estimate of drug-likeness (QED) is 0.226. The number of fused-ring (bicyclic) bond motifs is 3. The van der Waals surface area contributed by atoms with Crippen LogP contribution < -0.4 is 10.1 Å². The number of para-hydroxylation sites is 1. The van der Waals surface area contributed by atoms with Crippen molar-refractivity contribution < 1.29 is 18.4 Å². The molecule has 0 unspecified atom stereocenters. The number of methoxy groups -OCH3 is 1. The van der Waals surface area contributed by atoms with Crippen molar-refractivity contribution in [2.75, 3.05) is 18.2 Å². The van der Waals surface area contributed by atoms with Crippen LogP contribution in [0.2, 0.25) is 0 Å². The number of aromatic nitrogens is 3. The number of carbonyl (C=O) groups excluding carboxylic acids is 1. The van der Waals surface area contributed by atoms with Gasteiger partial charge in [-0.2, -0.15) is 0 Å². The summed E-state index contributed by atoms with van der Waals surface area (Å²) in [4.78, 5) is 13.0. The summed E-state index contributed by atoms with van der Waals surface area (Å²) in [5.41, 5.74) is 5.07. The molecule has 0 atom stereocenters. The predicted molar refractivity (Wildman–Crippen MR) is 148 cm³/mol. The van der Waals surface area contributed by atoms with E-state index in [2.05, 4.69) is 15.5 Å². The fraction of sp³-hybridized carbons (Fsp3) is 0.138. The van der Waals surface area contributed by atoms with Crippen molar-refractivity contribution in [2.45, 2.75) is 18.6 Å². The lowest BCUT2D eigenvalue weighted by atomic mass is 10.1. The van der Waals surface area contributed by atoms with Crippen molar-refractivity contribution in [3.63, 3.8) is 0 Å². The minimum absolute atomic E-state index is 0.138. The third-order valence-electron chi connectivity index (χ3n) is 6.33. The van der Waals surface area contributed by atoms with Crippen LogP contribution in [0.3, 0.4) is 0 Å². The zero-order chi connectivity index (χ0) is 26.1. The molecule has 3 heterocycles. The van der Waals surface area contributed by atoms with Crippen LogP contribution in [0.4, 0.5) is 5.69 Å². The molecule has 0 radical (unpaired) electrons. The number of nitrogens with one attached hydrogen (secondary N) is 1. The van der Waals surface area contributed by atoms with E-state index in [1.807, 2.05) is 72.2 Å². The molecule has 0 bridgehead atoms. The number of hydrogen-bond donors (Lipinski definition) is 1. The van der Waals surface area contributed by atoms with Crippen molar-refractivity contribution in [2.24, 2.45) is 0 Å². The number of ether oxygens (including phenoxy) is 1. The normalized spacial score (nSPS) is 11.3. The van der Waals surface area contributed by atoms with Crippen molar-refractivity contribution in [3.05, 3.63) is 90.4 Å². The first kappa shape index (κ1) is 23.9. The summed E-state index contributed by atoms with van der Waals surface area (Å²) >= 11 is 1.32. The summed E-state index contributed by atoms with van der Waals surface area (Å²) in [5.74, 6) is 1.24. The Bertz CT molecular complexity index is 1750. The topological polar surface area (TPSA) is 95.3 Å². The van der Waals surface area contributed by atoms with Crippen LogP contribution in [0.25, 0.3) is 33.3 Å². The van der Waals surface area contributed by atoms with E-state index in [-0.39, 0.29) is 11.7 Å². The van der Waals surface area contributed by atoms with Gasteiger partial charge in [-0.25, -0.2) is 0 Å². The summed E-state index contributed by atoms with van der Waals surface area (Å²) in [5, 5.41) is 14.4. The predicted octanol–water partition coefficient (Wildman–Crippen LogP) is 6.53. The Balaban J connectivity index is 1.25. The van der Waals surface area contributed by atoms with Crippen molar-refractivity contribution in [3.8, 4) is 17.1 Å². The highest BCUT2D eigenvalue weighted by Gasteiger charge is 2.19. The molecule has 0 aliphatic carbocycles. The van der Waals surface area contributed by atoms with Gasteiger partial charge in [0.25, 0.3) is 0 Å². The standard InChI is InChI=1S/C29H24N4O4S/c1-18-7-3-4-8-20(18)28-31-32-29(33(28)15-19-11-12-36-16-19)38-17-27(34)30-23-14-25-22(13-26(23)35-2)21-9-5-6-10-24(21)37-25/h3-14,16H,15,17H2,1-2H3,(H,30,34). The summed E-state index contributed by atoms with van der Waals surface area (Å²) in [6.45, 7) is 2.56. The molecule has 38 heavy (non-hydrogen) atoms. The Morgan fingerprint density at radius 3 is 2.68 bits per heavy atom. The second-order valence-corrected chi connectivity index (χ2v) is 9.77. The molecule has 3 aromatic heterocycles. The van der Waals surface area contributed by atoms with E-state index in [1.54, 1.807) is 25.7 Å². The SMILES string of the molecule is COc1cc2c(cc1NC(=O)CSc1nnc(-c3ccccc3C)n1Cc1ccoc1)oc1ccccc12. The van der Waals surface area contributed by atoms with E-state index in [0.29, 0.717) is 28.7 Å². The van der Waals surface area contributed by atoms with Gasteiger partial charge in [-0.15, -0.1) is 10.2 Å². The zero-order valence-electron chi connectivity index (χ0n) is 20.8. The number of thioether (sulfide) groups is 1. The minimum Gasteiger partial charge on any atom is -0.495 e. The van der Waals surface area contributed by atoms with Gasteiger partial charge in [0.1, 0.15) is 16.9 Å². The number of rotatable bonds is 8. The molecule has 0 saturated carbocycles. The summed E-state index contributed by atoms with van der Waals surface area (Å²) in [6.07, 6.45) is 3.34. The minimum atomic E-state index is -0.195. The van der Waals surface area contributed by atoms with E-state index >= 15 is 0 Å². The number of amides is 1. The van der Waals surface area contributed by atoms with Gasteiger partial charge in [0, 0.05) is 28.0 Å². The van der Waals surface area contributed by atoms with Crippen molar-refractivity contribution in [1.82, 2.24) is 14.8 Å². The average Bonchev–Trinajstić information content (AvgIpc) is 3.67. The Kier molecular flexibility index (Phi) is 6.35. The van der Waals surface area contributed by atoms with Crippen LogP contribution in [0, 0.1) is 6.92 Å². The van der Waals surface area contributed by atoms with Crippen LogP contribution in [0.1, 0.15) is 11.1 Å². The Morgan fingerprint density at radius 2 is 1.87 bits per heavy atom. The molecular formula is C29H24N4O4S. The van der Waals surface area contributed by atoms with Gasteiger partial charge in [-0.1, -0.05) is 54.2 Å². The van der Waals surface area contributed by atoms with Crippen LogP contribution in [0.15, 0.2) is 93.2 Å². The monoisotopic (exact) mass is 524 g/mol. The van der Waals surface area contributed by atoms with E-state index < -0.39 is 0 Å². The van der Waals surface area contributed by atoms with Gasteiger partial charge >= 0.3 is 0 Å². The Morgan fingerprint density at radius 1 is 1.03 bits per heavy atom. The molecule has 1 N–H and O–H groups in total. The Hall–Kier alpha value is -4.50. The zero-order valence-corrected chi connectivity index (χ0v) is 21.6. The number of anilines is 1. The maximum atomic E-state index is 13.0. The molecule has 190 valence electrons. The lowest BCUT2D eigenvalue weighted by Gasteiger charge is -2.12. The number of aryl methyl sites for hydroxylation is 1. The second-order valence-electron chi connectivity index (χ2n) is 8.82. The molecule has 0 spiro atoms. The third kappa shape index (κ3) is 4.52. The first-order valence-corrected chi connectivity index (χ1v) is 13.0. The smallest absolute Gasteiger partial charge is 0.234 e. The highest BCUT2D eigenvalue weighted by atomic mass is 32.2. The van der Waals surface area contributed by atoms with Gasteiger partial charge in [0.2, 0.25) is 5.91 Å². The molecule has 3 aromatic carbocycles. The maximum Gasteiger partial charge on any atom is 0.234 e. The molecule has 6 rings (SSSR count). The largest absolute Gasteiger partial charge is 0.495 e. The van der Waals surface area contributed by atoms with E-state index in [1.165, 1.54) is 11.8 Å². The molecule has 9 heteroatoms. The molecule has 0 saturated heterocycles. The number of carbonyl (C=O) groups is 1. The molecule has 0 aliphatic rings. The third-order valence-corrected chi connectivity index (χ3v) is 7.30. The Labute approximate surface area is 222 Å². The summed E-state index contributed by atoms with van der Waals surface area (Å²) in [7, 11) is 1.58. The first-order valence-electron chi connectivity index (χ1n) is 12.0. The number of nitrogens with zero attached hydrogens (tertiary/aromatic N) is 3. The molecular weight excluding hydrogens is 500 g/mol. The van der Waals surface area contributed by atoms with Gasteiger partial charge in [-0.3, -0.25) is 9.36 Å². The average molecular weight is 525 g/mol. The summed E-state index contributed by atoms with van der Waals surface area (Å²) < 4.78 is 18.8.